The summed E-state index contributed by atoms with van der Waals surface area (Å²) in [5.74, 6) is 0.837. The van der Waals surface area contributed by atoms with Gasteiger partial charge in [-0.05, 0) is 24.3 Å². The third-order valence-corrected chi connectivity index (χ3v) is 4.20. The lowest BCUT2D eigenvalue weighted by Gasteiger charge is -2.16. The molecule has 7 heteroatoms. The average molecular weight is 367 g/mol. The first-order valence-electron chi connectivity index (χ1n) is 7.40. The van der Waals surface area contributed by atoms with Gasteiger partial charge in [-0.3, -0.25) is 0 Å². The molecule has 126 valence electrons. The smallest absolute Gasteiger partial charge is 0.156 e. The van der Waals surface area contributed by atoms with Gasteiger partial charge in [-0.25, -0.2) is 4.98 Å². The Morgan fingerprint density at radius 3 is 2.50 bits per heavy atom. The van der Waals surface area contributed by atoms with Crippen molar-refractivity contribution in [1.29, 1.82) is 0 Å². The highest BCUT2D eigenvalue weighted by Gasteiger charge is 2.15. The summed E-state index contributed by atoms with van der Waals surface area (Å²) in [4.78, 5) is 4.35. The molecule has 0 radical (unpaired) electrons. The Balaban J connectivity index is 1.74. The Labute approximate surface area is 149 Å². The molecule has 0 aliphatic carbocycles. The Morgan fingerprint density at radius 2 is 1.79 bits per heavy atom. The average Bonchev–Trinajstić information content (AvgIpc) is 2.92. The molecule has 0 saturated heterocycles. The summed E-state index contributed by atoms with van der Waals surface area (Å²) in [5, 5.41) is 20.6. The fourth-order valence-electron chi connectivity index (χ4n) is 2.51. The van der Waals surface area contributed by atoms with Crippen LogP contribution in [-0.2, 0) is 13.2 Å². The molecule has 5 nitrogen and oxygen atoms in total. The van der Waals surface area contributed by atoms with Crippen molar-refractivity contribution in [2.45, 2.75) is 19.3 Å². The van der Waals surface area contributed by atoms with Crippen LogP contribution in [-0.4, -0.2) is 32.5 Å². The predicted molar refractivity (Wildman–Crippen MR) is 93.6 cm³/mol. The van der Waals surface area contributed by atoms with Crippen LogP contribution < -0.4 is 4.74 Å². The van der Waals surface area contributed by atoms with E-state index in [1.807, 2.05) is 24.3 Å². The molecule has 1 aromatic heterocycles. The van der Waals surface area contributed by atoms with Crippen LogP contribution in [0.2, 0.25) is 10.0 Å². The molecule has 2 aromatic carbocycles. The Morgan fingerprint density at radius 1 is 1.08 bits per heavy atom. The van der Waals surface area contributed by atoms with Crippen molar-refractivity contribution < 1.29 is 14.9 Å². The molecule has 3 aromatic rings. The third-order valence-electron chi connectivity index (χ3n) is 3.61. The second kappa shape index (κ2) is 7.40. The lowest BCUT2D eigenvalue weighted by Crippen LogP contribution is -2.24. The van der Waals surface area contributed by atoms with Gasteiger partial charge < -0.3 is 19.5 Å². The lowest BCUT2D eigenvalue weighted by atomic mass is 10.3. The largest absolute Gasteiger partial charge is 0.488 e. The number of rotatable bonds is 6. The topological polar surface area (TPSA) is 67.5 Å². The van der Waals surface area contributed by atoms with E-state index in [-0.39, 0.29) is 19.8 Å². The first kappa shape index (κ1) is 17.0. The zero-order chi connectivity index (χ0) is 17.1. The number of fused-ring (bicyclic) bond motifs is 1. The van der Waals surface area contributed by atoms with Crippen LogP contribution in [0.25, 0.3) is 11.0 Å². The molecule has 1 atom stereocenters. The summed E-state index contributed by atoms with van der Waals surface area (Å²) in [6, 6.07) is 12.6. The minimum atomic E-state index is -0.819. The Bertz CT molecular complexity index is 831. The molecular weight excluding hydrogens is 351 g/mol. The van der Waals surface area contributed by atoms with Gasteiger partial charge in [0.2, 0.25) is 0 Å². The number of aliphatic hydroxyl groups is 2. The van der Waals surface area contributed by atoms with E-state index in [9.17, 15) is 10.2 Å². The first-order valence-corrected chi connectivity index (χ1v) is 8.15. The molecular formula is C17H16Cl2N2O3. The minimum Gasteiger partial charge on any atom is -0.488 e. The maximum absolute atomic E-state index is 10.3. The van der Waals surface area contributed by atoms with Crippen molar-refractivity contribution >= 4 is 34.2 Å². The van der Waals surface area contributed by atoms with Gasteiger partial charge in [0, 0.05) is 0 Å². The fraction of sp³-hybridized carbons (Fsp3) is 0.235. The maximum Gasteiger partial charge on any atom is 0.156 e. The van der Waals surface area contributed by atoms with Crippen LogP contribution >= 0.6 is 23.2 Å². The van der Waals surface area contributed by atoms with Gasteiger partial charge in [-0.2, -0.15) is 0 Å². The molecule has 3 rings (SSSR count). The van der Waals surface area contributed by atoms with E-state index in [0.717, 1.165) is 11.0 Å². The highest BCUT2D eigenvalue weighted by molar-refractivity contribution is 6.37. The van der Waals surface area contributed by atoms with Crippen molar-refractivity contribution in [3.63, 3.8) is 0 Å². The van der Waals surface area contributed by atoms with E-state index in [1.54, 1.807) is 22.8 Å². The van der Waals surface area contributed by atoms with E-state index in [1.165, 1.54) is 0 Å². The van der Waals surface area contributed by atoms with Crippen LogP contribution in [0.4, 0.5) is 0 Å². The van der Waals surface area contributed by atoms with Gasteiger partial charge >= 0.3 is 0 Å². The summed E-state index contributed by atoms with van der Waals surface area (Å²) in [6.07, 6.45) is -0.819. The molecule has 24 heavy (non-hydrogen) atoms. The van der Waals surface area contributed by atoms with E-state index >= 15 is 0 Å². The molecule has 2 N–H and O–H groups in total. The number of aliphatic hydroxyl groups excluding tert-OH is 2. The Hall–Kier alpha value is -1.79. The number of hydrogen-bond acceptors (Lipinski definition) is 4. The van der Waals surface area contributed by atoms with Crippen molar-refractivity contribution in [2.75, 3.05) is 6.61 Å². The number of para-hydroxylation sites is 3. The highest BCUT2D eigenvalue weighted by Crippen LogP contribution is 2.32. The van der Waals surface area contributed by atoms with Crippen LogP contribution in [0, 0.1) is 0 Å². The molecule has 0 saturated carbocycles. The van der Waals surface area contributed by atoms with Gasteiger partial charge in [0.15, 0.2) is 5.75 Å². The van der Waals surface area contributed by atoms with Crippen LogP contribution in [0.5, 0.6) is 5.75 Å². The zero-order valence-corrected chi connectivity index (χ0v) is 14.2. The molecule has 0 bridgehead atoms. The summed E-state index contributed by atoms with van der Waals surface area (Å²) in [5.41, 5.74) is 1.61. The zero-order valence-electron chi connectivity index (χ0n) is 12.7. The summed E-state index contributed by atoms with van der Waals surface area (Å²) in [7, 11) is 0. The van der Waals surface area contributed by atoms with Crippen LogP contribution in [0.1, 0.15) is 5.82 Å². The number of halogens is 2. The second-order valence-corrected chi connectivity index (χ2v) is 6.12. The van der Waals surface area contributed by atoms with Crippen molar-refractivity contribution in [1.82, 2.24) is 9.55 Å². The molecule has 0 spiro atoms. The minimum absolute atomic E-state index is 0.0147. The lowest BCUT2D eigenvalue weighted by molar-refractivity contribution is 0.0916. The third kappa shape index (κ3) is 3.49. The van der Waals surface area contributed by atoms with Crippen molar-refractivity contribution in [3.8, 4) is 5.75 Å². The number of nitrogens with zero attached hydrogens (tertiary/aromatic N) is 2. The molecule has 1 heterocycles. The molecule has 0 amide bonds. The molecule has 0 fully saturated rings. The van der Waals surface area contributed by atoms with Crippen molar-refractivity contribution in [3.05, 3.63) is 58.3 Å². The normalized spacial score (nSPS) is 12.5. The highest BCUT2D eigenvalue weighted by atomic mass is 35.5. The summed E-state index contributed by atoms with van der Waals surface area (Å²) < 4.78 is 7.33. The predicted octanol–water partition coefficient (Wildman–Crippen LogP) is 3.28. The van der Waals surface area contributed by atoms with E-state index in [4.69, 9.17) is 27.9 Å². The molecule has 0 aliphatic rings. The number of aromatic nitrogens is 2. The SMILES string of the molecule is OCc1nc2ccccc2n1C[C@H](O)COc1c(Cl)cccc1Cl. The monoisotopic (exact) mass is 366 g/mol. The second-order valence-electron chi connectivity index (χ2n) is 5.30. The van der Waals surface area contributed by atoms with Crippen LogP contribution in [0.3, 0.4) is 0 Å². The fourth-order valence-corrected chi connectivity index (χ4v) is 3.02. The summed E-state index contributed by atoms with van der Waals surface area (Å²) in [6.45, 7) is 0.0396. The van der Waals surface area contributed by atoms with Gasteiger partial charge in [0.25, 0.3) is 0 Å². The van der Waals surface area contributed by atoms with E-state index in [0.29, 0.717) is 21.6 Å². The first-order chi connectivity index (χ1) is 11.6. The maximum atomic E-state index is 10.3. The van der Waals surface area contributed by atoms with E-state index in [2.05, 4.69) is 4.98 Å². The number of benzene rings is 2. The Kier molecular flexibility index (Phi) is 5.26. The van der Waals surface area contributed by atoms with Crippen molar-refractivity contribution in [2.24, 2.45) is 0 Å². The van der Waals surface area contributed by atoms with Gasteiger partial charge in [0.1, 0.15) is 25.1 Å². The van der Waals surface area contributed by atoms with Crippen LogP contribution in [0.15, 0.2) is 42.5 Å². The summed E-state index contributed by atoms with van der Waals surface area (Å²) >= 11 is 12.1. The molecule has 0 unspecified atom stereocenters. The quantitative estimate of drug-likeness (QED) is 0.702. The standard InChI is InChI=1S/C17H16Cl2N2O3/c18-12-4-3-5-13(19)17(12)24-10-11(23)8-21-15-7-2-1-6-14(15)20-16(21)9-22/h1-7,11,22-23H,8-10H2/t11-/m0/s1. The van der Waals surface area contributed by atoms with E-state index < -0.39 is 6.10 Å². The number of ether oxygens (including phenoxy) is 1. The van der Waals surface area contributed by atoms with Gasteiger partial charge in [-0.1, -0.05) is 41.4 Å². The molecule has 0 aliphatic heterocycles. The van der Waals surface area contributed by atoms with Gasteiger partial charge in [0.05, 0.1) is 27.6 Å². The number of hydrogen-bond donors (Lipinski definition) is 2. The number of imidazole rings is 1. The van der Waals surface area contributed by atoms with Gasteiger partial charge in [-0.15, -0.1) is 0 Å².